The van der Waals surface area contributed by atoms with Crippen LogP contribution in [-0.2, 0) is 14.6 Å². The molecule has 4 heteroatoms. The molecule has 0 aromatic heterocycles. The Hall–Kier alpha value is -1.42. The molecular formula is C21H26O3S. The normalized spacial score (nSPS) is 37.6. The van der Waals surface area contributed by atoms with E-state index in [1.165, 1.54) is 24.8 Å². The lowest BCUT2D eigenvalue weighted by Crippen LogP contribution is -2.51. The molecule has 134 valence electrons. The zero-order valence-electron chi connectivity index (χ0n) is 14.7. The second kappa shape index (κ2) is 6.39. The average Bonchev–Trinajstić information content (AvgIpc) is 2.58. The standard InChI is InChI=1S/C21H26O3S/c1-14-11-16-13-20(25(23,24)17-8-3-2-4-9-17)21(16)19(22)12-15-7-5-6-10-18(14)15/h2-4,8-9,11,15-16,18,20-21H,5-7,10,12-13H2,1H3/b14-11-/t15-,16-,18-,20-,21+/m1/s1. The average molecular weight is 359 g/mol. The number of hydrogen-bond donors (Lipinski definition) is 0. The predicted molar refractivity (Wildman–Crippen MR) is 97.8 cm³/mol. The molecule has 2 fully saturated rings. The largest absolute Gasteiger partial charge is 0.299 e. The molecule has 25 heavy (non-hydrogen) atoms. The summed E-state index contributed by atoms with van der Waals surface area (Å²) >= 11 is 0. The molecule has 0 bridgehead atoms. The van der Waals surface area contributed by atoms with Crippen LogP contribution in [0.4, 0.5) is 0 Å². The van der Waals surface area contributed by atoms with Crippen LogP contribution in [0.3, 0.4) is 0 Å². The second-order valence-corrected chi connectivity index (χ2v) is 10.2. The van der Waals surface area contributed by atoms with E-state index in [0.717, 1.165) is 6.42 Å². The van der Waals surface area contributed by atoms with Crippen molar-refractivity contribution in [1.29, 1.82) is 0 Å². The van der Waals surface area contributed by atoms with Crippen molar-refractivity contribution >= 4 is 15.6 Å². The van der Waals surface area contributed by atoms with Crippen molar-refractivity contribution in [2.45, 2.75) is 55.6 Å². The van der Waals surface area contributed by atoms with Gasteiger partial charge in [0.25, 0.3) is 0 Å². The van der Waals surface area contributed by atoms with Crippen LogP contribution in [0.5, 0.6) is 0 Å². The first-order chi connectivity index (χ1) is 12.0. The molecule has 3 nitrogen and oxygen atoms in total. The minimum Gasteiger partial charge on any atom is -0.299 e. The highest BCUT2D eigenvalue weighted by Crippen LogP contribution is 2.49. The van der Waals surface area contributed by atoms with Gasteiger partial charge in [0.05, 0.1) is 10.1 Å². The van der Waals surface area contributed by atoms with Crippen LogP contribution >= 0.6 is 0 Å². The van der Waals surface area contributed by atoms with Crippen molar-refractivity contribution in [1.82, 2.24) is 0 Å². The van der Waals surface area contributed by atoms with E-state index in [1.54, 1.807) is 24.3 Å². The molecule has 0 amide bonds. The Labute approximate surface area is 150 Å². The number of sulfone groups is 1. The molecule has 4 rings (SSSR count). The minimum absolute atomic E-state index is 0.110. The molecule has 5 atom stereocenters. The molecule has 0 aliphatic heterocycles. The number of allylic oxidation sites excluding steroid dienone is 2. The summed E-state index contributed by atoms with van der Waals surface area (Å²) in [6.45, 7) is 2.19. The van der Waals surface area contributed by atoms with Gasteiger partial charge in [-0.2, -0.15) is 0 Å². The van der Waals surface area contributed by atoms with E-state index in [2.05, 4.69) is 13.0 Å². The fourth-order valence-electron chi connectivity index (χ4n) is 5.27. The molecular weight excluding hydrogens is 332 g/mol. The summed E-state index contributed by atoms with van der Waals surface area (Å²) in [5, 5.41) is -0.545. The van der Waals surface area contributed by atoms with Gasteiger partial charge in [-0.3, -0.25) is 4.79 Å². The van der Waals surface area contributed by atoms with Crippen molar-refractivity contribution in [3.05, 3.63) is 42.0 Å². The van der Waals surface area contributed by atoms with Gasteiger partial charge >= 0.3 is 0 Å². The summed E-state index contributed by atoms with van der Waals surface area (Å²) in [4.78, 5) is 13.3. The van der Waals surface area contributed by atoms with E-state index >= 15 is 0 Å². The molecule has 3 aliphatic carbocycles. The maximum absolute atomic E-state index is 13.0. The smallest absolute Gasteiger partial charge is 0.181 e. The van der Waals surface area contributed by atoms with Crippen LogP contribution in [0.2, 0.25) is 0 Å². The summed E-state index contributed by atoms with van der Waals surface area (Å²) in [7, 11) is -3.43. The van der Waals surface area contributed by atoms with Crippen LogP contribution in [0.25, 0.3) is 0 Å². The first kappa shape index (κ1) is 17.0. The number of hydrogen-bond acceptors (Lipinski definition) is 3. The molecule has 0 radical (unpaired) electrons. The van der Waals surface area contributed by atoms with E-state index in [1.807, 2.05) is 6.07 Å². The first-order valence-corrected chi connectivity index (χ1v) is 11.0. The number of benzene rings is 1. The van der Waals surface area contributed by atoms with Crippen LogP contribution in [0, 0.1) is 23.7 Å². The Morgan fingerprint density at radius 1 is 1.04 bits per heavy atom. The SMILES string of the molecule is C/C1=C/[C@@H]2C[C@@H](S(=O)(=O)c3ccccc3)[C@@H]2C(=O)C[C@H]2CCCC[C@H]12. The van der Waals surface area contributed by atoms with Gasteiger partial charge < -0.3 is 0 Å². The summed E-state index contributed by atoms with van der Waals surface area (Å²) in [6.07, 6.45) is 8.13. The fourth-order valence-corrected chi connectivity index (χ4v) is 7.37. The number of carbonyl (C=O) groups excluding carboxylic acids is 1. The number of Topliss-reactive ketones (excluding diaryl/α,β-unsaturated/α-hetero) is 1. The Morgan fingerprint density at radius 2 is 1.76 bits per heavy atom. The van der Waals surface area contributed by atoms with Crippen LogP contribution in [0.15, 0.2) is 46.9 Å². The summed E-state index contributed by atoms with van der Waals surface area (Å²) in [5.74, 6) is 0.894. The molecule has 0 heterocycles. The van der Waals surface area contributed by atoms with E-state index in [4.69, 9.17) is 0 Å². The molecule has 1 aromatic rings. The monoisotopic (exact) mass is 358 g/mol. The third-order valence-corrected chi connectivity index (χ3v) is 8.85. The third kappa shape index (κ3) is 2.88. The van der Waals surface area contributed by atoms with E-state index in [9.17, 15) is 13.2 Å². The lowest BCUT2D eigenvalue weighted by atomic mass is 9.63. The molecule has 0 unspecified atom stereocenters. The van der Waals surface area contributed by atoms with Crippen LogP contribution in [-0.4, -0.2) is 19.5 Å². The lowest BCUT2D eigenvalue weighted by molar-refractivity contribution is -0.128. The van der Waals surface area contributed by atoms with Crippen molar-refractivity contribution < 1.29 is 13.2 Å². The van der Waals surface area contributed by atoms with Gasteiger partial charge in [-0.15, -0.1) is 0 Å². The van der Waals surface area contributed by atoms with Gasteiger partial charge in [-0.05, 0) is 56.1 Å². The highest BCUT2D eigenvalue weighted by molar-refractivity contribution is 7.92. The van der Waals surface area contributed by atoms with Crippen LogP contribution in [0.1, 0.15) is 45.4 Å². The Balaban J connectivity index is 1.64. The maximum Gasteiger partial charge on any atom is 0.181 e. The topological polar surface area (TPSA) is 51.2 Å². The van der Waals surface area contributed by atoms with Crippen molar-refractivity contribution in [3.8, 4) is 0 Å². The molecule has 3 aliphatic rings. The van der Waals surface area contributed by atoms with E-state index in [0.29, 0.717) is 29.6 Å². The fraction of sp³-hybridized carbons (Fsp3) is 0.571. The highest BCUT2D eigenvalue weighted by atomic mass is 32.2. The Morgan fingerprint density at radius 3 is 2.52 bits per heavy atom. The predicted octanol–water partition coefficient (Wildman–Crippen LogP) is 4.19. The number of rotatable bonds is 2. The Kier molecular flexibility index (Phi) is 4.35. The van der Waals surface area contributed by atoms with Gasteiger partial charge in [0, 0.05) is 12.3 Å². The molecule has 0 N–H and O–H groups in total. The van der Waals surface area contributed by atoms with Crippen LogP contribution < -0.4 is 0 Å². The van der Waals surface area contributed by atoms with E-state index in [-0.39, 0.29) is 17.6 Å². The van der Waals surface area contributed by atoms with Gasteiger partial charge in [-0.25, -0.2) is 8.42 Å². The summed E-state index contributed by atoms with van der Waals surface area (Å²) in [6, 6.07) is 8.61. The summed E-state index contributed by atoms with van der Waals surface area (Å²) in [5.41, 5.74) is 1.39. The van der Waals surface area contributed by atoms with Crippen molar-refractivity contribution in [3.63, 3.8) is 0 Å². The molecule has 2 saturated carbocycles. The minimum atomic E-state index is -3.43. The molecule has 0 spiro atoms. The quantitative estimate of drug-likeness (QED) is 0.745. The number of fused-ring (bicyclic) bond motifs is 2. The first-order valence-electron chi connectivity index (χ1n) is 9.48. The third-order valence-electron chi connectivity index (χ3n) is 6.64. The summed E-state index contributed by atoms with van der Waals surface area (Å²) < 4.78 is 26.0. The molecule has 1 aromatic carbocycles. The van der Waals surface area contributed by atoms with Gasteiger partial charge in [0.2, 0.25) is 0 Å². The highest BCUT2D eigenvalue weighted by Gasteiger charge is 2.52. The van der Waals surface area contributed by atoms with E-state index < -0.39 is 15.1 Å². The second-order valence-electron chi connectivity index (χ2n) is 8.05. The van der Waals surface area contributed by atoms with Gasteiger partial charge in [-0.1, -0.05) is 42.7 Å². The zero-order chi connectivity index (χ0) is 17.6. The zero-order valence-corrected chi connectivity index (χ0v) is 15.5. The maximum atomic E-state index is 13.0. The Bertz CT molecular complexity index is 794. The van der Waals surface area contributed by atoms with Crippen molar-refractivity contribution in [2.24, 2.45) is 23.7 Å². The number of carbonyl (C=O) groups is 1. The van der Waals surface area contributed by atoms with Gasteiger partial charge in [0.15, 0.2) is 9.84 Å². The van der Waals surface area contributed by atoms with Crippen molar-refractivity contribution in [2.75, 3.05) is 0 Å². The lowest BCUT2D eigenvalue weighted by Gasteiger charge is -2.45. The number of ketones is 1. The molecule has 0 saturated heterocycles. The van der Waals surface area contributed by atoms with Gasteiger partial charge in [0.1, 0.15) is 5.78 Å².